The average Bonchev–Trinajstić information content (AvgIpc) is 2.86. The molecule has 1 aliphatic heterocycles. The normalized spacial score (nSPS) is 17.8. The zero-order chi connectivity index (χ0) is 14.4. The summed E-state index contributed by atoms with van der Waals surface area (Å²) in [5.41, 5.74) is 2.36. The van der Waals surface area contributed by atoms with Crippen LogP contribution in [0.2, 0.25) is 0 Å². The van der Waals surface area contributed by atoms with Crippen LogP contribution >= 0.6 is 0 Å². The molecular formula is C14H14N2O4. The quantitative estimate of drug-likeness (QED) is 0.928. The van der Waals surface area contributed by atoms with Crippen LogP contribution < -0.4 is 0 Å². The molecule has 1 aromatic heterocycles. The molecule has 1 aliphatic rings. The summed E-state index contributed by atoms with van der Waals surface area (Å²) in [6.07, 6.45) is -0.857. The van der Waals surface area contributed by atoms with Crippen molar-refractivity contribution in [3.8, 4) is 0 Å². The lowest BCUT2D eigenvalue weighted by atomic mass is 10.2. The molecule has 6 nitrogen and oxygen atoms in total. The van der Waals surface area contributed by atoms with Crippen LogP contribution in [0.25, 0.3) is 10.9 Å². The molecule has 2 aromatic rings. The van der Waals surface area contributed by atoms with E-state index in [1.165, 1.54) is 7.11 Å². The summed E-state index contributed by atoms with van der Waals surface area (Å²) in [4.78, 5) is 28.4. The van der Waals surface area contributed by atoms with Crippen molar-refractivity contribution in [2.24, 2.45) is 0 Å². The van der Waals surface area contributed by atoms with Gasteiger partial charge >= 0.3 is 5.97 Å². The number of benzene rings is 1. The third-order valence-electron chi connectivity index (χ3n) is 3.54. The number of hydrogen-bond acceptors (Lipinski definition) is 3. The molecule has 0 aliphatic carbocycles. The van der Waals surface area contributed by atoms with Crippen molar-refractivity contribution >= 4 is 22.8 Å². The molecule has 1 aromatic carbocycles. The highest BCUT2D eigenvalue weighted by Gasteiger charge is 2.39. The van der Waals surface area contributed by atoms with Crippen molar-refractivity contribution in [2.75, 3.05) is 7.11 Å². The lowest BCUT2D eigenvalue weighted by Gasteiger charge is -2.22. The van der Waals surface area contributed by atoms with Crippen LogP contribution in [-0.2, 0) is 9.63 Å². The third kappa shape index (κ3) is 1.69. The van der Waals surface area contributed by atoms with Crippen LogP contribution in [-0.4, -0.2) is 33.7 Å². The summed E-state index contributed by atoms with van der Waals surface area (Å²) >= 11 is 0. The van der Waals surface area contributed by atoms with E-state index in [1.54, 1.807) is 10.6 Å². The number of hydrogen-bond donors (Lipinski definition) is 1. The molecule has 1 N–H and O–H groups in total. The lowest BCUT2D eigenvalue weighted by molar-refractivity contribution is -0.153. The van der Waals surface area contributed by atoms with Crippen molar-refractivity contribution in [1.29, 1.82) is 0 Å². The molecule has 1 unspecified atom stereocenters. The van der Waals surface area contributed by atoms with E-state index >= 15 is 0 Å². The molecule has 104 valence electrons. The Morgan fingerprint density at radius 2 is 2.15 bits per heavy atom. The first-order valence-electron chi connectivity index (χ1n) is 6.24. The number of aryl methyl sites for hydroxylation is 1. The van der Waals surface area contributed by atoms with Crippen molar-refractivity contribution in [2.45, 2.75) is 19.5 Å². The Labute approximate surface area is 115 Å². The fraction of sp³-hybridized carbons (Fsp3) is 0.286. The number of hydroxylamine groups is 2. The zero-order valence-corrected chi connectivity index (χ0v) is 11.2. The molecule has 20 heavy (non-hydrogen) atoms. The van der Waals surface area contributed by atoms with E-state index in [1.807, 2.05) is 25.1 Å². The second-order valence-electron chi connectivity index (χ2n) is 4.85. The van der Waals surface area contributed by atoms with Crippen LogP contribution in [0.5, 0.6) is 0 Å². The van der Waals surface area contributed by atoms with E-state index in [0.717, 1.165) is 21.5 Å². The predicted molar refractivity (Wildman–Crippen MR) is 71.1 cm³/mol. The van der Waals surface area contributed by atoms with Gasteiger partial charge in [-0.05, 0) is 24.6 Å². The molecule has 0 saturated carbocycles. The number of aliphatic carboxylic acids is 1. The zero-order valence-electron chi connectivity index (χ0n) is 11.2. The Hall–Kier alpha value is -2.34. The number of fused-ring (bicyclic) bond motifs is 3. The molecule has 0 radical (unpaired) electrons. The first kappa shape index (κ1) is 12.7. The Morgan fingerprint density at radius 1 is 1.40 bits per heavy atom. The molecule has 1 amide bonds. The number of aromatic nitrogens is 1. The first-order chi connectivity index (χ1) is 9.52. The van der Waals surface area contributed by atoms with Crippen LogP contribution in [0.3, 0.4) is 0 Å². The highest BCUT2D eigenvalue weighted by molar-refractivity contribution is 6.01. The largest absolute Gasteiger partial charge is 0.481 e. The molecule has 1 atom stereocenters. The van der Waals surface area contributed by atoms with Gasteiger partial charge in [0.15, 0.2) is 0 Å². The summed E-state index contributed by atoms with van der Waals surface area (Å²) in [6, 6.07) is 7.60. The van der Waals surface area contributed by atoms with Crippen molar-refractivity contribution in [3.63, 3.8) is 0 Å². The van der Waals surface area contributed by atoms with E-state index in [4.69, 9.17) is 9.94 Å². The van der Waals surface area contributed by atoms with Gasteiger partial charge < -0.3 is 9.67 Å². The van der Waals surface area contributed by atoms with Crippen LogP contribution in [0.4, 0.5) is 0 Å². The lowest BCUT2D eigenvalue weighted by Crippen LogP contribution is -2.30. The molecule has 0 fully saturated rings. The van der Waals surface area contributed by atoms with Gasteiger partial charge in [0.2, 0.25) is 0 Å². The van der Waals surface area contributed by atoms with Crippen LogP contribution in [0.1, 0.15) is 28.6 Å². The molecule has 0 saturated heterocycles. The summed E-state index contributed by atoms with van der Waals surface area (Å²) in [6.45, 7) is 1.95. The Balaban J connectivity index is 2.22. The SMILES string of the molecule is CON1C(=O)c2cc3ccc(C)cc3n2C1CC(=O)O. The first-order valence-corrected chi connectivity index (χ1v) is 6.24. The van der Waals surface area contributed by atoms with E-state index in [-0.39, 0.29) is 12.3 Å². The number of carboxylic acid groups (broad SMARTS) is 1. The van der Waals surface area contributed by atoms with Gasteiger partial charge in [-0.1, -0.05) is 12.1 Å². The number of amides is 1. The fourth-order valence-corrected chi connectivity index (χ4v) is 2.70. The van der Waals surface area contributed by atoms with Gasteiger partial charge in [-0.25, -0.2) is 0 Å². The van der Waals surface area contributed by atoms with E-state index in [2.05, 4.69) is 0 Å². The van der Waals surface area contributed by atoms with E-state index in [0.29, 0.717) is 5.69 Å². The smallest absolute Gasteiger partial charge is 0.307 e. The fourth-order valence-electron chi connectivity index (χ4n) is 2.70. The number of carbonyl (C=O) groups is 2. The summed E-state index contributed by atoms with van der Waals surface area (Å²) in [5, 5.41) is 11.1. The molecule has 3 rings (SSSR count). The third-order valence-corrected chi connectivity index (χ3v) is 3.54. The van der Waals surface area contributed by atoms with Gasteiger partial charge in [0.25, 0.3) is 5.91 Å². The Bertz CT molecular complexity index is 719. The van der Waals surface area contributed by atoms with Crippen LogP contribution in [0.15, 0.2) is 24.3 Å². The van der Waals surface area contributed by atoms with Gasteiger partial charge in [-0.15, -0.1) is 0 Å². The average molecular weight is 274 g/mol. The molecular weight excluding hydrogens is 260 g/mol. The number of rotatable bonds is 3. The van der Waals surface area contributed by atoms with Crippen molar-refractivity contribution in [3.05, 3.63) is 35.5 Å². The number of nitrogens with zero attached hydrogens (tertiary/aromatic N) is 2. The van der Waals surface area contributed by atoms with Gasteiger partial charge in [-0.2, -0.15) is 5.06 Å². The van der Waals surface area contributed by atoms with Crippen molar-refractivity contribution < 1.29 is 19.5 Å². The number of carbonyl (C=O) groups excluding carboxylic acids is 1. The highest BCUT2D eigenvalue weighted by Crippen LogP contribution is 2.35. The second-order valence-corrected chi connectivity index (χ2v) is 4.85. The summed E-state index contributed by atoms with van der Waals surface area (Å²) in [5.74, 6) is -1.29. The Morgan fingerprint density at radius 3 is 2.80 bits per heavy atom. The van der Waals surface area contributed by atoms with Crippen LogP contribution in [0, 0.1) is 6.92 Å². The minimum Gasteiger partial charge on any atom is -0.481 e. The summed E-state index contributed by atoms with van der Waals surface area (Å²) < 4.78 is 1.74. The standard InChI is InChI=1S/C14H14N2O4/c1-8-3-4-9-6-11-14(19)16(20-2)12(7-13(17)18)15(11)10(9)5-8/h3-6,12H,7H2,1-2H3,(H,17,18). The monoisotopic (exact) mass is 274 g/mol. The van der Waals surface area contributed by atoms with Crippen molar-refractivity contribution in [1.82, 2.24) is 9.63 Å². The van der Waals surface area contributed by atoms with Gasteiger partial charge in [-0.3, -0.25) is 14.4 Å². The molecule has 0 bridgehead atoms. The molecule has 6 heteroatoms. The predicted octanol–water partition coefficient (Wildman–Crippen LogP) is 1.94. The van der Waals surface area contributed by atoms with Gasteiger partial charge in [0, 0.05) is 5.39 Å². The minimum absolute atomic E-state index is 0.204. The van der Waals surface area contributed by atoms with Gasteiger partial charge in [0.05, 0.1) is 19.0 Å². The maximum atomic E-state index is 12.3. The number of carboxylic acids is 1. The highest BCUT2D eigenvalue weighted by atomic mass is 16.7. The van der Waals surface area contributed by atoms with Gasteiger partial charge in [0.1, 0.15) is 11.9 Å². The summed E-state index contributed by atoms with van der Waals surface area (Å²) in [7, 11) is 1.37. The Kier molecular flexibility index (Phi) is 2.76. The second kappa shape index (κ2) is 4.35. The molecule has 2 heterocycles. The molecule has 0 spiro atoms. The maximum Gasteiger partial charge on any atom is 0.307 e. The minimum atomic E-state index is -0.979. The topological polar surface area (TPSA) is 71.8 Å². The van der Waals surface area contributed by atoms with E-state index in [9.17, 15) is 9.59 Å². The van der Waals surface area contributed by atoms with E-state index < -0.39 is 12.1 Å². The maximum absolute atomic E-state index is 12.3.